The first kappa shape index (κ1) is 26.4. The lowest BCUT2D eigenvalue weighted by Gasteiger charge is -2.18. The van der Waals surface area contributed by atoms with Crippen molar-refractivity contribution in [3.63, 3.8) is 0 Å². The van der Waals surface area contributed by atoms with Gasteiger partial charge in [-0.25, -0.2) is 0 Å². The molecule has 0 aliphatic carbocycles. The van der Waals surface area contributed by atoms with Crippen molar-refractivity contribution in [3.05, 3.63) is 157 Å². The molecule has 0 fully saturated rings. The van der Waals surface area contributed by atoms with Crippen molar-refractivity contribution >= 4 is 43.1 Å². The fraction of sp³-hybridized carbons (Fsp3) is 0.0909. The smallest absolute Gasteiger partial charge is 0.00262 e. The summed E-state index contributed by atoms with van der Waals surface area (Å²) in [5, 5.41) is 10.3. The van der Waals surface area contributed by atoms with E-state index in [9.17, 15) is 0 Å². The van der Waals surface area contributed by atoms with Gasteiger partial charge in [0.15, 0.2) is 0 Å². The van der Waals surface area contributed by atoms with Crippen molar-refractivity contribution in [1.29, 1.82) is 0 Å². The third-order valence-corrected chi connectivity index (χ3v) is 9.03. The van der Waals surface area contributed by atoms with Crippen LogP contribution < -0.4 is 0 Å². The molecule has 0 unspecified atom stereocenters. The van der Waals surface area contributed by atoms with Crippen molar-refractivity contribution in [2.24, 2.45) is 5.92 Å². The SMILES string of the molecule is CC(C)Cc1ccc2cc(-c3ccc(-c4c5ccccc5c(-c5ccc6ccccc6c5)c5ccccc45)cc3)ccc2c1. The molecule has 0 radical (unpaired) electrons. The van der Waals surface area contributed by atoms with E-state index in [4.69, 9.17) is 0 Å². The fourth-order valence-corrected chi connectivity index (χ4v) is 7.00. The summed E-state index contributed by atoms with van der Waals surface area (Å²) in [6.45, 7) is 4.56. The first-order valence-corrected chi connectivity index (χ1v) is 15.7. The molecule has 0 amide bonds. The second kappa shape index (κ2) is 10.8. The zero-order chi connectivity index (χ0) is 29.6. The highest BCUT2D eigenvalue weighted by Gasteiger charge is 2.17. The fourth-order valence-electron chi connectivity index (χ4n) is 7.00. The Morgan fingerprint density at radius 3 is 1.45 bits per heavy atom. The lowest BCUT2D eigenvalue weighted by atomic mass is 9.85. The molecule has 8 aromatic carbocycles. The van der Waals surface area contributed by atoms with Gasteiger partial charge in [-0.2, -0.15) is 0 Å². The van der Waals surface area contributed by atoms with Crippen LogP contribution in [0, 0.1) is 5.92 Å². The maximum atomic E-state index is 2.35. The van der Waals surface area contributed by atoms with E-state index in [1.807, 2.05) is 0 Å². The van der Waals surface area contributed by atoms with Crippen molar-refractivity contribution < 1.29 is 0 Å². The van der Waals surface area contributed by atoms with Crippen LogP contribution in [0.3, 0.4) is 0 Å². The Balaban J connectivity index is 1.25. The second-order valence-corrected chi connectivity index (χ2v) is 12.5. The van der Waals surface area contributed by atoms with Crippen molar-refractivity contribution in [2.75, 3.05) is 0 Å². The first-order chi connectivity index (χ1) is 21.6. The van der Waals surface area contributed by atoms with E-state index in [-0.39, 0.29) is 0 Å². The Morgan fingerprint density at radius 2 is 0.795 bits per heavy atom. The van der Waals surface area contributed by atoms with Crippen LogP contribution in [0.25, 0.3) is 76.5 Å². The van der Waals surface area contributed by atoms with Gasteiger partial charge < -0.3 is 0 Å². The number of benzene rings is 8. The largest absolute Gasteiger partial charge is 0.0625 e. The quantitative estimate of drug-likeness (QED) is 0.183. The molecule has 0 N–H and O–H groups in total. The predicted octanol–water partition coefficient (Wildman–Crippen LogP) is 12.5. The topological polar surface area (TPSA) is 0 Å². The van der Waals surface area contributed by atoms with Crippen LogP contribution in [-0.2, 0) is 6.42 Å². The molecule has 8 aromatic rings. The highest BCUT2D eigenvalue weighted by atomic mass is 14.2. The minimum atomic E-state index is 0.661. The third-order valence-electron chi connectivity index (χ3n) is 9.03. The summed E-state index contributed by atoms with van der Waals surface area (Å²) in [5.74, 6) is 0.661. The minimum absolute atomic E-state index is 0.661. The van der Waals surface area contributed by atoms with Crippen LogP contribution in [0.5, 0.6) is 0 Å². The van der Waals surface area contributed by atoms with Crippen molar-refractivity contribution in [1.82, 2.24) is 0 Å². The van der Waals surface area contributed by atoms with Crippen molar-refractivity contribution in [2.45, 2.75) is 20.3 Å². The zero-order valence-electron chi connectivity index (χ0n) is 25.2. The summed E-state index contributed by atoms with van der Waals surface area (Å²) >= 11 is 0. The lowest BCUT2D eigenvalue weighted by molar-refractivity contribution is 0.648. The van der Waals surface area contributed by atoms with Gasteiger partial charge in [0.1, 0.15) is 0 Å². The molecular weight excluding hydrogens is 528 g/mol. The normalized spacial score (nSPS) is 11.7. The van der Waals surface area contributed by atoms with Gasteiger partial charge in [-0.3, -0.25) is 0 Å². The minimum Gasteiger partial charge on any atom is -0.0625 e. The highest BCUT2D eigenvalue weighted by Crippen LogP contribution is 2.44. The molecule has 0 atom stereocenters. The van der Waals surface area contributed by atoms with Gasteiger partial charge >= 0.3 is 0 Å². The van der Waals surface area contributed by atoms with E-state index in [0.717, 1.165) is 6.42 Å². The van der Waals surface area contributed by atoms with E-state index in [2.05, 4.69) is 166 Å². The summed E-state index contributed by atoms with van der Waals surface area (Å²) in [6.07, 6.45) is 1.12. The Kier molecular flexibility index (Phi) is 6.50. The molecule has 0 aromatic heterocycles. The van der Waals surface area contributed by atoms with E-state index in [1.54, 1.807) is 0 Å². The van der Waals surface area contributed by atoms with E-state index >= 15 is 0 Å². The Morgan fingerprint density at radius 1 is 0.364 bits per heavy atom. The maximum absolute atomic E-state index is 2.35. The summed E-state index contributed by atoms with van der Waals surface area (Å²) in [5.41, 5.74) is 9.00. The predicted molar refractivity (Wildman–Crippen MR) is 191 cm³/mol. The number of rotatable bonds is 5. The summed E-state index contributed by atoms with van der Waals surface area (Å²) in [6, 6.07) is 56.2. The molecule has 0 spiro atoms. The van der Waals surface area contributed by atoms with Crippen LogP contribution >= 0.6 is 0 Å². The molecule has 0 aliphatic heterocycles. The van der Waals surface area contributed by atoms with Crippen molar-refractivity contribution in [3.8, 4) is 33.4 Å². The molecule has 0 heterocycles. The summed E-state index contributed by atoms with van der Waals surface area (Å²) in [7, 11) is 0. The van der Waals surface area contributed by atoms with Crippen LogP contribution in [0.15, 0.2) is 152 Å². The van der Waals surface area contributed by atoms with E-state index < -0.39 is 0 Å². The number of fused-ring (bicyclic) bond motifs is 4. The summed E-state index contributed by atoms with van der Waals surface area (Å²) < 4.78 is 0. The molecule has 0 bridgehead atoms. The van der Waals surface area contributed by atoms with Gasteiger partial charge in [0.25, 0.3) is 0 Å². The summed E-state index contributed by atoms with van der Waals surface area (Å²) in [4.78, 5) is 0. The molecule has 0 aliphatic rings. The third kappa shape index (κ3) is 4.64. The van der Waals surface area contributed by atoms with Gasteiger partial charge in [0, 0.05) is 0 Å². The van der Waals surface area contributed by atoms with Crippen LogP contribution in [0.1, 0.15) is 19.4 Å². The van der Waals surface area contributed by atoms with Gasteiger partial charge in [-0.15, -0.1) is 0 Å². The van der Waals surface area contributed by atoms with Crippen LogP contribution in [0.2, 0.25) is 0 Å². The molecule has 0 saturated heterocycles. The van der Waals surface area contributed by atoms with Crippen LogP contribution in [-0.4, -0.2) is 0 Å². The van der Waals surface area contributed by atoms with E-state index in [1.165, 1.54) is 82.0 Å². The molecule has 0 heteroatoms. The maximum Gasteiger partial charge on any atom is -0.00262 e. The number of hydrogen-bond acceptors (Lipinski definition) is 0. The number of hydrogen-bond donors (Lipinski definition) is 0. The molecule has 210 valence electrons. The van der Waals surface area contributed by atoms with Gasteiger partial charge in [-0.05, 0) is 107 Å². The Labute approximate surface area is 259 Å². The highest BCUT2D eigenvalue weighted by molar-refractivity contribution is 6.21. The molecule has 8 rings (SSSR count). The molecule has 0 saturated carbocycles. The van der Waals surface area contributed by atoms with Crippen LogP contribution in [0.4, 0.5) is 0 Å². The Bertz CT molecular complexity index is 2260. The zero-order valence-corrected chi connectivity index (χ0v) is 25.2. The average molecular weight is 563 g/mol. The second-order valence-electron chi connectivity index (χ2n) is 12.5. The first-order valence-electron chi connectivity index (χ1n) is 15.7. The van der Waals surface area contributed by atoms with Gasteiger partial charge in [0.05, 0.1) is 0 Å². The monoisotopic (exact) mass is 562 g/mol. The lowest BCUT2D eigenvalue weighted by Crippen LogP contribution is -1.93. The molecular formula is C44H34. The van der Waals surface area contributed by atoms with Gasteiger partial charge in [-0.1, -0.05) is 153 Å². The molecule has 44 heavy (non-hydrogen) atoms. The molecule has 0 nitrogen and oxygen atoms in total. The standard InChI is InChI=1S/C44H34/c1-29(2)25-30-15-16-37-27-36(23-22-35(37)26-30)32-17-20-33(21-18-32)43-39-11-5-7-13-41(39)44(42-14-8-6-12-40(42)43)38-24-19-31-9-3-4-10-34(31)28-38/h3-24,26-29H,25H2,1-2H3. The van der Waals surface area contributed by atoms with E-state index in [0.29, 0.717) is 5.92 Å². The van der Waals surface area contributed by atoms with Gasteiger partial charge in [0.2, 0.25) is 0 Å². The average Bonchev–Trinajstić information content (AvgIpc) is 3.06. The Hall–Kier alpha value is -5.20.